The van der Waals surface area contributed by atoms with E-state index in [4.69, 9.17) is 56.4 Å². The third-order valence-corrected chi connectivity index (χ3v) is 18.6. The van der Waals surface area contributed by atoms with E-state index in [9.17, 15) is 34.0 Å². The fourth-order valence-corrected chi connectivity index (χ4v) is 13.6. The minimum Gasteiger partial charge on any atom is -0.497 e. The largest absolute Gasteiger partial charge is 0.497 e. The number of methoxy groups -OCH3 is 2. The fraction of sp³-hybridized carbons (Fsp3) is 0.355. The smallest absolute Gasteiger partial charge is 0.338 e. The van der Waals surface area contributed by atoms with E-state index in [0.29, 0.717) is 24.3 Å². The van der Waals surface area contributed by atoms with Gasteiger partial charge in [0.05, 0.1) is 74.9 Å². The van der Waals surface area contributed by atoms with Crippen LogP contribution in [-0.2, 0) is 62.1 Å². The number of Topliss-reactive ketones (excluding diaryl/α,β-unsaturated/α-hetero) is 1. The van der Waals surface area contributed by atoms with Crippen LogP contribution in [-0.4, -0.2) is 150 Å². The summed E-state index contributed by atoms with van der Waals surface area (Å²) in [6.07, 6.45) is -7.98. The minimum absolute atomic E-state index is 0.0228. The number of ether oxygens (including phenoxy) is 10. The summed E-state index contributed by atoms with van der Waals surface area (Å²) in [6, 6.07) is 59.4. The van der Waals surface area contributed by atoms with Gasteiger partial charge in [0, 0.05) is 24.5 Å². The number of esters is 4. The first-order chi connectivity index (χ1) is 47.6. The fourth-order valence-electron chi connectivity index (χ4n) is 11.9. The molecule has 1 saturated carbocycles. The highest BCUT2D eigenvalue weighted by molar-refractivity contribution is 7.44. The van der Waals surface area contributed by atoms with Crippen LogP contribution in [0.1, 0.15) is 105 Å². The first-order valence-corrected chi connectivity index (χ1v) is 33.6. The Hall–Kier alpha value is -9.20. The quantitative estimate of drug-likeness (QED) is 0.0129. The molecule has 1 aliphatic carbocycles. The van der Waals surface area contributed by atoms with Gasteiger partial charge in [-0.25, -0.2) is 23.8 Å². The second kappa shape index (κ2) is 36.4. The zero-order chi connectivity index (χ0) is 69.4. The maximum absolute atomic E-state index is 14.8. The van der Waals surface area contributed by atoms with Crippen LogP contribution < -0.4 is 14.8 Å². The maximum Gasteiger partial charge on any atom is 0.338 e. The van der Waals surface area contributed by atoms with Crippen molar-refractivity contribution >= 4 is 44.1 Å². The van der Waals surface area contributed by atoms with Gasteiger partial charge in [-0.15, -0.1) is 0 Å². The molecule has 7 aromatic carbocycles. The molecule has 21 nitrogen and oxygen atoms in total. The van der Waals surface area contributed by atoms with Gasteiger partial charge >= 0.3 is 23.9 Å². The van der Waals surface area contributed by atoms with E-state index in [1.54, 1.807) is 87.0 Å². The summed E-state index contributed by atoms with van der Waals surface area (Å²) in [5.41, 5.74) is 1.76. The van der Waals surface area contributed by atoms with E-state index < -0.39 is 99.9 Å². The van der Waals surface area contributed by atoms with Crippen LogP contribution in [0.4, 0.5) is 0 Å². The average Bonchev–Trinajstić information content (AvgIpc) is 1.06. The average molecular weight is 1360 g/mol. The highest BCUT2D eigenvalue weighted by atomic mass is 31.2. The van der Waals surface area contributed by atoms with Crippen LogP contribution in [0, 0.1) is 23.2 Å². The summed E-state index contributed by atoms with van der Waals surface area (Å²) < 4.78 is 76.8. The van der Waals surface area contributed by atoms with Crippen molar-refractivity contribution in [3.05, 3.63) is 239 Å². The Kier molecular flexibility index (Phi) is 27.1. The number of nitrogens with zero attached hydrogens (tertiary/aromatic N) is 2. The predicted molar refractivity (Wildman–Crippen MR) is 362 cm³/mol. The topological polar surface area (TPSA) is 252 Å². The number of carbonyl (C=O) groups excluding carboxylic acids is 6. The van der Waals surface area contributed by atoms with E-state index in [1.807, 2.05) is 78.9 Å². The maximum atomic E-state index is 14.8. The molecule has 22 heteroatoms. The Balaban J connectivity index is 0.936. The molecule has 1 heterocycles. The lowest BCUT2D eigenvalue weighted by atomic mass is 9.79. The summed E-state index contributed by atoms with van der Waals surface area (Å²) in [7, 11) is 1.54. The molecule has 9 atom stereocenters. The Bertz CT molecular complexity index is 3660. The molecule has 1 amide bonds. The standard InChI is InChI=1S/C76H82N3O18P/c1-51(2)79(52(3)4)98(91-43-22-41-77)92-47-57-45-63(97-76(58-31-20-11-21-32-58,59-33-37-61(86-5)38-34-59)60-35-39-62(87-6)40-36-60)46-64(57)65(80)48-88-44-42-78-67(81)50-90-75-70(96-74(85)56-29-18-10-19-30-56)69(95-73(84)55-27-16-9-17-28-55)68(94-72(83)54-25-14-8-15-26-54)66(93-75)49-89-71(82)53-23-12-7-13-24-53/h7-21,23-40,51-52,57,63-64,66,68-70,75H,22,42-50H2,1-6H3,(H,78,81)/t57-,63+,64?,66?,68+,69+,70?,75-,98?/m0/s1. The molecular weight excluding hydrogens is 1270 g/mol. The predicted octanol–water partition coefficient (Wildman–Crippen LogP) is 11.7. The molecule has 1 aliphatic heterocycles. The zero-order valence-corrected chi connectivity index (χ0v) is 56.5. The molecule has 4 unspecified atom stereocenters. The molecule has 2 aliphatic rings. The van der Waals surface area contributed by atoms with Crippen molar-refractivity contribution in [1.82, 2.24) is 9.99 Å². The Labute approximate surface area is 572 Å². The summed E-state index contributed by atoms with van der Waals surface area (Å²) in [4.78, 5) is 84.5. The van der Waals surface area contributed by atoms with Crippen LogP contribution in [0.3, 0.4) is 0 Å². The van der Waals surface area contributed by atoms with Gasteiger partial charge in [0.25, 0.3) is 8.53 Å². The summed E-state index contributed by atoms with van der Waals surface area (Å²) >= 11 is 0. The van der Waals surface area contributed by atoms with Crippen LogP contribution in [0.5, 0.6) is 11.5 Å². The highest BCUT2D eigenvalue weighted by Crippen LogP contribution is 2.50. The third kappa shape index (κ3) is 19.3. The minimum atomic E-state index is -1.75. The summed E-state index contributed by atoms with van der Waals surface area (Å²) in [5.74, 6) is -4.10. The number of hydrogen-bond donors (Lipinski definition) is 1. The second-order valence-electron chi connectivity index (χ2n) is 23.8. The molecule has 514 valence electrons. The van der Waals surface area contributed by atoms with E-state index >= 15 is 0 Å². The molecule has 0 spiro atoms. The molecule has 1 saturated heterocycles. The SMILES string of the molecule is COc1ccc(C(O[C@H]2CC(C(=O)COCCNC(=O)CO[C@H]3OC(COC(=O)c4ccccc4)[C@@H](OC(=O)c4ccccc4)[C@@H](OC(=O)c4ccccc4)C3OC(=O)c3ccccc3)[C@H](COP(OCCC#N)N(C(C)C)C(C)C)C2)(c2ccccc2)c2ccc(OC)cc2)cc1. The monoisotopic (exact) mass is 1360 g/mol. The van der Waals surface area contributed by atoms with Crippen LogP contribution in [0.25, 0.3) is 0 Å². The number of benzene rings is 7. The van der Waals surface area contributed by atoms with Crippen molar-refractivity contribution in [2.75, 3.05) is 60.4 Å². The lowest BCUT2D eigenvalue weighted by Crippen LogP contribution is -2.63. The first-order valence-electron chi connectivity index (χ1n) is 32.5. The van der Waals surface area contributed by atoms with Gasteiger partial charge in [-0.05, 0) is 136 Å². The molecule has 1 N–H and O–H groups in total. The molecule has 7 aromatic rings. The number of rotatable bonds is 34. The van der Waals surface area contributed by atoms with Gasteiger partial charge in [-0.1, -0.05) is 127 Å². The van der Waals surface area contributed by atoms with Crippen LogP contribution in [0.15, 0.2) is 200 Å². The van der Waals surface area contributed by atoms with Crippen LogP contribution in [0.2, 0.25) is 0 Å². The van der Waals surface area contributed by atoms with E-state index in [0.717, 1.165) is 16.7 Å². The van der Waals surface area contributed by atoms with Gasteiger partial charge < -0.3 is 61.7 Å². The van der Waals surface area contributed by atoms with Crippen molar-refractivity contribution in [1.29, 1.82) is 5.26 Å². The lowest BCUT2D eigenvalue weighted by Gasteiger charge is -2.44. The second-order valence-corrected chi connectivity index (χ2v) is 25.3. The normalized spacial score (nSPS) is 19.4. The molecule has 98 heavy (non-hydrogen) atoms. The number of nitriles is 1. The molecular formula is C76H82N3O18P. The number of ketones is 1. The van der Waals surface area contributed by atoms with Gasteiger partial charge in [-0.2, -0.15) is 5.26 Å². The molecule has 9 rings (SSSR count). The van der Waals surface area contributed by atoms with Gasteiger partial charge in [-0.3, -0.25) is 9.59 Å². The Morgan fingerprint density at radius 3 is 1.52 bits per heavy atom. The Morgan fingerprint density at radius 1 is 0.561 bits per heavy atom. The number of amides is 1. The number of hydrogen-bond acceptors (Lipinski definition) is 20. The van der Waals surface area contributed by atoms with Crippen molar-refractivity contribution in [2.24, 2.45) is 11.8 Å². The van der Waals surface area contributed by atoms with E-state index in [1.165, 1.54) is 48.5 Å². The van der Waals surface area contributed by atoms with Crippen molar-refractivity contribution < 1.29 is 85.2 Å². The highest BCUT2D eigenvalue weighted by Gasteiger charge is 2.54. The van der Waals surface area contributed by atoms with Gasteiger partial charge in [0.2, 0.25) is 5.91 Å². The van der Waals surface area contributed by atoms with Crippen LogP contribution >= 0.6 is 8.53 Å². The summed E-state index contributed by atoms with van der Waals surface area (Å²) in [5, 5.41) is 12.2. The number of nitrogens with one attached hydrogen (secondary N) is 1. The summed E-state index contributed by atoms with van der Waals surface area (Å²) in [6.45, 7) is 6.58. The van der Waals surface area contributed by atoms with E-state index in [2.05, 4.69) is 43.8 Å². The van der Waals surface area contributed by atoms with Crippen molar-refractivity contribution in [2.45, 2.75) is 101 Å². The number of carbonyl (C=O) groups is 6. The zero-order valence-electron chi connectivity index (χ0n) is 55.6. The van der Waals surface area contributed by atoms with E-state index in [-0.39, 0.29) is 85.4 Å². The third-order valence-electron chi connectivity index (χ3n) is 16.6. The van der Waals surface area contributed by atoms with Crippen molar-refractivity contribution in [3.8, 4) is 17.6 Å². The van der Waals surface area contributed by atoms with Crippen molar-refractivity contribution in [3.63, 3.8) is 0 Å². The molecule has 0 aromatic heterocycles. The molecule has 0 bridgehead atoms. The molecule has 0 radical (unpaired) electrons. The van der Waals surface area contributed by atoms with Gasteiger partial charge in [0.15, 0.2) is 30.4 Å². The lowest BCUT2D eigenvalue weighted by molar-refractivity contribution is -0.296. The van der Waals surface area contributed by atoms with Gasteiger partial charge in [0.1, 0.15) is 43.0 Å². The molecule has 2 fully saturated rings. The Morgan fingerprint density at radius 2 is 1.03 bits per heavy atom. The first kappa shape index (κ1) is 73.1.